The molecule has 1 amide bonds. The maximum absolute atomic E-state index is 13.2. The van der Waals surface area contributed by atoms with Crippen LogP contribution in [0.25, 0.3) is 0 Å². The van der Waals surface area contributed by atoms with Gasteiger partial charge in [0.05, 0.1) is 6.04 Å². The lowest BCUT2D eigenvalue weighted by Gasteiger charge is -2.43. The Morgan fingerprint density at radius 3 is 2.88 bits per heavy atom. The van der Waals surface area contributed by atoms with Crippen LogP contribution in [0.3, 0.4) is 0 Å². The zero-order valence-electron chi connectivity index (χ0n) is 13.7. The number of rotatable bonds is 5. The fraction of sp³-hybridized carbons (Fsp3) is 0.312. The van der Waals surface area contributed by atoms with E-state index in [1.54, 1.807) is 19.2 Å². The van der Waals surface area contributed by atoms with Crippen molar-refractivity contribution < 1.29 is 14.3 Å². The summed E-state index contributed by atoms with van der Waals surface area (Å²) in [5.74, 6) is 0.983. The Balaban J connectivity index is 1.64. The van der Waals surface area contributed by atoms with Crippen molar-refractivity contribution in [3.63, 3.8) is 0 Å². The summed E-state index contributed by atoms with van der Waals surface area (Å²) in [5, 5.41) is 12.1. The third kappa shape index (κ3) is 3.87. The highest BCUT2D eigenvalue weighted by Crippen LogP contribution is 2.24. The predicted molar refractivity (Wildman–Crippen MR) is 92.0 cm³/mol. The number of hydrogen-bond acceptors (Lipinski definition) is 6. The van der Waals surface area contributed by atoms with E-state index in [1.165, 1.54) is 17.0 Å². The molecule has 0 radical (unpaired) electrons. The molecule has 0 saturated carbocycles. The lowest BCUT2D eigenvalue weighted by atomic mass is 10.1. The second-order valence-electron chi connectivity index (χ2n) is 5.91. The van der Waals surface area contributed by atoms with E-state index in [-0.39, 0.29) is 17.8 Å². The molecule has 1 aliphatic rings. The number of aromatic nitrogens is 2. The van der Waals surface area contributed by atoms with E-state index in [1.807, 2.05) is 11.0 Å². The average Bonchev–Trinajstić information content (AvgIpc) is 2.51. The van der Waals surface area contributed by atoms with E-state index < -0.39 is 6.09 Å². The molecule has 0 spiro atoms. The Morgan fingerprint density at radius 1 is 1.44 bits per heavy atom. The van der Waals surface area contributed by atoms with E-state index in [4.69, 9.17) is 10.8 Å². The van der Waals surface area contributed by atoms with Crippen LogP contribution in [0, 0.1) is 5.82 Å². The van der Waals surface area contributed by atoms with Crippen LogP contribution >= 0.6 is 0 Å². The first-order valence-corrected chi connectivity index (χ1v) is 7.76. The van der Waals surface area contributed by atoms with Crippen molar-refractivity contribution >= 4 is 23.7 Å². The first kappa shape index (κ1) is 16.7. The third-order valence-electron chi connectivity index (χ3n) is 4.13. The van der Waals surface area contributed by atoms with Crippen molar-refractivity contribution in [3.05, 3.63) is 41.7 Å². The highest BCUT2D eigenvalue weighted by atomic mass is 19.1. The van der Waals surface area contributed by atoms with E-state index in [2.05, 4.69) is 15.3 Å². The van der Waals surface area contributed by atoms with Crippen molar-refractivity contribution in [3.8, 4) is 0 Å². The maximum Gasteiger partial charge on any atom is 0.407 e. The molecule has 2 heterocycles. The van der Waals surface area contributed by atoms with Crippen LogP contribution < -0.4 is 16.0 Å². The van der Waals surface area contributed by atoms with Crippen LogP contribution in [-0.2, 0) is 6.54 Å². The van der Waals surface area contributed by atoms with Gasteiger partial charge in [0.1, 0.15) is 17.5 Å². The van der Waals surface area contributed by atoms with Gasteiger partial charge in [-0.05, 0) is 17.7 Å². The van der Waals surface area contributed by atoms with Gasteiger partial charge < -0.3 is 26.0 Å². The monoisotopic (exact) mass is 346 g/mol. The highest BCUT2D eigenvalue weighted by molar-refractivity contribution is 5.66. The number of nitrogen functional groups attached to an aromatic ring is 1. The summed E-state index contributed by atoms with van der Waals surface area (Å²) in [6.45, 7) is 1.49. The molecular weight excluding hydrogens is 327 g/mol. The molecule has 9 heteroatoms. The van der Waals surface area contributed by atoms with Gasteiger partial charge in [0.2, 0.25) is 5.95 Å². The van der Waals surface area contributed by atoms with E-state index in [0.29, 0.717) is 31.3 Å². The number of anilines is 3. The van der Waals surface area contributed by atoms with Crippen molar-refractivity contribution in [1.29, 1.82) is 0 Å². The zero-order valence-corrected chi connectivity index (χ0v) is 13.7. The maximum atomic E-state index is 13.2. The summed E-state index contributed by atoms with van der Waals surface area (Å²) >= 11 is 0. The van der Waals surface area contributed by atoms with Gasteiger partial charge in [0.25, 0.3) is 0 Å². The summed E-state index contributed by atoms with van der Waals surface area (Å²) in [7, 11) is 1.55. The van der Waals surface area contributed by atoms with Crippen molar-refractivity contribution in [1.82, 2.24) is 14.9 Å². The van der Waals surface area contributed by atoms with Crippen LogP contribution in [0.2, 0.25) is 0 Å². The predicted octanol–water partition coefficient (Wildman–Crippen LogP) is 1.61. The molecule has 1 aromatic heterocycles. The van der Waals surface area contributed by atoms with Gasteiger partial charge in [-0.1, -0.05) is 12.1 Å². The smallest absolute Gasteiger partial charge is 0.407 e. The normalized spacial score (nSPS) is 14.1. The van der Waals surface area contributed by atoms with Gasteiger partial charge in [-0.3, -0.25) is 0 Å². The molecule has 0 unspecified atom stereocenters. The minimum Gasteiger partial charge on any atom is -0.465 e. The fourth-order valence-electron chi connectivity index (χ4n) is 2.59. The van der Waals surface area contributed by atoms with Gasteiger partial charge >= 0.3 is 6.09 Å². The Morgan fingerprint density at radius 2 is 2.20 bits per heavy atom. The molecule has 1 aliphatic heterocycles. The molecule has 3 rings (SSSR count). The number of hydrogen-bond donors (Lipinski definition) is 3. The molecule has 1 aromatic carbocycles. The summed E-state index contributed by atoms with van der Waals surface area (Å²) in [6.07, 6.45) is -0.954. The lowest BCUT2D eigenvalue weighted by molar-refractivity contribution is 0.129. The molecule has 25 heavy (non-hydrogen) atoms. The van der Waals surface area contributed by atoms with Gasteiger partial charge in [-0.2, -0.15) is 9.97 Å². The van der Waals surface area contributed by atoms with E-state index >= 15 is 0 Å². The van der Waals surface area contributed by atoms with E-state index in [9.17, 15) is 9.18 Å². The number of carboxylic acid groups (broad SMARTS) is 1. The molecular formula is C16H19FN6O2. The van der Waals surface area contributed by atoms with Crippen molar-refractivity contribution in [2.75, 3.05) is 36.1 Å². The minimum atomic E-state index is -0.954. The second kappa shape index (κ2) is 6.80. The van der Waals surface area contributed by atoms with Crippen LogP contribution in [0.5, 0.6) is 0 Å². The van der Waals surface area contributed by atoms with Crippen LogP contribution in [0.4, 0.5) is 26.8 Å². The Kier molecular flexibility index (Phi) is 4.55. The molecule has 132 valence electrons. The largest absolute Gasteiger partial charge is 0.465 e. The summed E-state index contributed by atoms with van der Waals surface area (Å²) in [6, 6.07) is 7.96. The average molecular weight is 346 g/mol. The summed E-state index contributed by atoms with van der Waals surface area (Å²) in [4.78, 5) is 22.5. The van der Waals surface area contributed by atoms with Crippen molar-refractivity contribution in [2.24, 2.45) is 0 Å². The standard InChI is InChI=1S/C16H19FN6O2/c1-22(16(24)25)12-8-23(9-12)14-6-13(20-15(18)21-14)19-7-10-3-2-4-11(17)5-10/h2-6,12H,7-9H2,1H3,(H,24,25)(H3,18,19,20,21). The molecule has 1 saturated heterocycles. The number of carbonyl (C=O) groups is 1. The minimum absolute atomic E-state index is 0.0719. The molecule has 0 bridgehead atoms. The Labute approximate surface area is 144 Å². The Bertz CT molecular complexity index is 781. The first-order valence-electron chi connectivity index (χ1n) is 7.76. The molecule has 4 N–H and O–H groups in total. The highest BCUT2D eigenvalue weighted by Gasteiger charge is 2.33. The van der Waals surface area contributed by atoms with Gasteiger partial charge in [0.15, 0.2) is 0 Å². The first-order chi connectivity index (χ1) is 11.9. The third-order valence-corrected chi connectivity index (χ3v) is 4.13. The van der Waals surface area contributed by atoms with Crippen LogP contribution in [0.1, 0.15) is 5.56 Å². The number of amides is 1. The molecule has 0 atom stereocenters. The molecule has 8 nitrogen and oxygen atoms in total. The topological polar surface area (TPSA) is 108 Å². The number of halogens is 1. The number of benzene rings is 1. The lowest BCUT2D eigenvalue weighted by Crippen LogP contribution is -2.59. The summed E-state index contributed by atoms with van der Waals surface area (Å²) < 4.78 is 13.2. The molecule has 1 fully saturated rings. The number of nitrogens with one attached hydrogen (secondary N) is 1. The van der Waals surface area contributed by atoms with Crippen LogP contribution in [-0.4, -0.2) is 52.2 Å². The number of likely N-dealkylation sites (N-methyl/N-ethyl adjacent to an activating group) is 1. The van der Waals surface area contributed by atoms with Crippen LogP contribution in [0.15, 0.2) is 30.3 Å². The second-order valence-corrected chi connectivity index (χ2v) is 5.91. The van der Waals surface area contributed by atoms with Gasteiger partial charge in [0, 0.05) is 32.7 Å². The quantitative estimate of drug-likeness (QED) is 0.755. The van der Waals surface area contributed by atoms with Gasteiger partial charge in [-0.25, -0.2) is 9.18 Å². The zero-order chi connectivity index (χ0) is 18.0. The Hall–Kier alpha value is -3.10. The van der Waals surface area contributed by atoms with E-state index in [0.717, 1.165) is 5.56 Å². The van der Waals surface area contributed by atoms with Crippen molar-refractivity contribution in [2.45, 2.75) is 12.6 Å². The molecule has 2 aromatic rings. The number of nitrogens with zero attached hydrogens (tertiary/aromatic N) is 4. The molecule has 0 aliphatic carbocycles. The fourth-order valence-corrected chi connectivity index (χ4v) is 2.59. The number of nitrogens with two attached hydrogens (primary N) is 1. The summed E-state index contributed by atoms with van der Waals surface area (Å²) in [5.41, 5.74) is 6.54. The van der Waals surface area contributed by atoms with Gasteiger partial charge in [-0.15, -0.1) is 0 Å². The SMILES string of the molecule is CN(C(=O)O)C1CN(c2cc(NCc3cccc(F)c3)nc(N)n2)C1.